The largest absolute Gasteiger partial charge is 0.459 e. The molecule has 2 rings (SSSR count). The SMILES string of the molecule is CC(C)(C)OC(=O)CN1C[C@@H](c2ccccc2)CC[C@H](N=[N+]=[N-])C1=O. The fourth-order valence-corrected chi connectivity index (χ4v) is 2.98. The second kappa shape index (κ2) is 8.03. The Morgan fingerprint density at radius 2 is 2.00 bits per heavy atom. The van der Waals surface area contributed by atoms with Gasteiger partial charge in [0.25, 0.3) is 0 Å². The first-order valence-corrected chi connectivity index (χ1v) is 8.40. The second-order valence-electron chi connectivity index (χ2n) is 7.21. The minimum absolute atomic E-state index is 0.0893. The van der Waals surface area contributed by atoms with E-state index in [1.807, 2.05) is 30.3 Å². The normalized spacial score (nSPS) is 21.2. The van der Waals surface area contributed by atoms with Gasteiger partial charge in [0.2, 0.25) is 5.91 Å². The predicted molar refractivity (Wildman–Crippen MR) is 93.8 cm³/mol. The van der Waals surface area contributed by atoms with Crippen LogP contribution in [0.25, 0.3) is 10.4 Å². The lowest BCUT2D eigenvalue weighted by Crippen LogP contribution is -2.43. The van der Waals surface area contributed by atoms with Gasteiger partial charge in [0.05, 0.1) is 0 Å². The summed E-state index contributed by atoms with van der Waals surface area (Å²) in [5, 5.41) is 3.62. The molecular weight excluding hydrogens is 320 g/mol. The summed E-state index contributed by atoms with van der Waals surface area (Å²) in [7, 11) is 0. The van der Waals surface area contributed by atoms with Gasteiger partial charge in [-0.1, -0.05) is 35.4 Å². The minimum Gasteiger partial charge on any atom is -0.459 e. The number of esters is 1. The van der Waals surface area contributed by atoms with E-state index in [0.717, 1.165) is 5.56 Å². The van der Waals surface area contributed by atoms with Gasteiger partial charge < -0.3 is 9.64 Å². The number of nitrogens with zero attached hydrogens (tertiary/aromatic N) is 4. The lowest BCUT2D eigenvalue weighted by Gasteiger charge is -2.27. The topological polar surface area (TPSA) is 95.4 Å². The third kappa shape index (κ3) is 5.50. The van der Waals surface area contributed by atoms with E-state index in [1.165, 1.54) is 4.90 Å². The van der Waals surface area contributed by atoms with Crippen molar-refractivity contribution in [2.75, 3.05) is 13.1 Å². The number of likely N-dealkylation sites (tertiary alicyclic amines) is 1. The van der Waals surface area contributed by atoms with Crippen molar-refractivity contribution in [3.63, 3.8) is 0 Å². The average Bonchev–Trinajstić information content (AvgIpc) is 2.68. The fourth-order valence-electron chi connectivity index (χ4n) is 2.98. The van der Waals surface area contributed by atoms with E-state index in [-0.39, 0.29) is 18.4 Å². The highest BCUT2D eigenvalue weighted by atomic mass is 16.6. The Hall–Kier alpha value is -2.53. The first-order valence-electron chi connectivity index (χ1n) is 8.40. The van der Waals surface area contributed by atoms with E-state index in [4.69, 9.17) is 10.3 Å². The number of carbonyl (C=O) groups is 2. The Labute approximate surface area is 147 Å². The number of azide groups is 1. The van der Waals surface area contributed by atoms with E-state index in [1.54, 1.807) is 20.8 Å². The predicted octanol–water partition coefficient (Wildman–Crippen LogP) is 3.41. The Morgan fingerprint density at radius 3 is 2.60 bits per heavy atom. The van der Waals surface area contributed by atoms with Crippen molar-refractivity contribution in [2.24, 2.45) is 5.11 Å². The lowest BCUT2D eigenvalue weighted by molar-refractivity contribution is -0.159. The Balaban J connectivity index is 2.21. The molecule has 1 amide bonds. The molecule has 0 aliphatic carbocycles. The molecule has 1 saturated heterocycles. The van der Waals surface area contributed by atoms with Crippen molar-refractivity contribution < 1.29 is 14.3 Å². The summed E-state index contributed by atoms with van der Waals surface area (Å²) in [6.07, 6.45) is 1.18. The standard InChI is InChI=1S/C18H24N4O3/c1-18(2,3)25-16(23)12-22-11-14(13-7-5-4-6-8-13)9-10-15(17(22)24)20-21-19/h4-8,14-15H,9-12H2,1-3H3/t14-,15-/m0/s1. The molecule has 7 heteroatoms. The molecule has 1 heterocycles. The van der Waals surface area contributed by atoms with Gasteiger partial charge in [-0.3, -0.25) is 9.59 Å². The van der Waals surface area contributed by atoms with E-state index >= 15 is 0 Å². The molecule has 0 unspecified atom stereocenters. The van der Waals surface area contributed by atoms with E-state index in [9.17, 15) is 9.59 Å². The van der Waals surface area contributed by atoms with Gasteiger partial charge in [-0.15, -0.1) is 0 Å². The molecule has 0 N–H and O–H groups in total. The van der Waals surface area contributed by atoms with E-state index in [0.29, 0.717) is 19.4 Å². The summed E-state index contributed by atoms with van der Waals surface area (Å²) in [5.41, 5.74) is 9.21. The maximum atomic E-state index is 12.7. The summed E-state index contributed by atoms with van der Waals surface area (Å²) >= 11 is 0. The minimum atomic E-state index is -0.777. The van der Waals surface area contributed by atoms with Crippen LogP contribution in [0.4, 0.5) is 0 Å². The highest BCUT2D eigenvalue weighted by Gasteiger charge is 2.33. The quantitative estimate of drug-likeness (QED) is 0.362. The molecule has 1 aliphatic rings. The molecule has 0 spiro atoms. The second-order valence-corrected chi connectivity index (χ2v) is 7.21. The summed E-state index contributed by atoms with van der Waals surface area (Å²) in [4.78, 5) is 29.1. The molecule has 0 aromatic heterocycles. The van der Waals surface area contributed by atoms with Crippen molar-refractivity contribution >= 4 is 11.9 Å². The van der Waals surface area contributed by atoms with Crippen LogP contribution in [0.15, 0.2) is 35.4 Å². The summed E-state index contributed by atoms with van der Waals surface area (Å²) in [6, 6.07) is 9.08. The van der Waals surface area contributed by atoms with Crippen molar-refractivity contribution in [1.29, 1.82) is 0 Å². The van der Waals surface area contributed by atoms with Gasteiger partial charge >= 0.3 is 5.97 Å². The number of rotatable bonds is 4. The lowest BCUT2D eigenvalue weighted by atomic mass is 9.94. The van der Waals surface area contributed by atoms with Crippen LogP contribution in [0.1, 0.15) is 45.1 Å². The first-order chi connectivity index (χ1) is 11.8. The van der Waals surface area contributed by atoms with Gasteiger partial charge in [-0.2, -0.15) is 0 Å². The Kier molecular flexibility index (Phi) is 6.04. The van der Waals surface area contributed by atoms with Crippen LogP contribution in [-0.4, -0.2) is 41.5 Å². The van der Waals surface area contributed by atoms with Gasteiger partial charge in [0.1, 0.15) is 18.2 Å². The fraction of sp³-hybridized carbons (Fsp3) is 0.556. The molecule has 1 fully saturated rings. The third-order valence-corrected chi connectivity index (χ3v) is 4.03. The van der Waals surface area contributed by atoms with Crippen LogP contribution in [0.2, 0.25) is 0 Å². The average molecular weight is 344 g/mol. The van der Waals surface area contributed by atoms with Crippen molar-refractivity contribution in [3.05, 3.63) is 46.3 Å². The van der Waals surface area contributed by atoms with Crippen LogP contribution in [0.5, 0.6) is 0 Å². The maximum Gasteiger partial charge on any atom is 0.326 e. The Bertz CT molecular complexity index is 663. The number of benzene rings is 1. The number of carbonyl (C=O) groups excluding carboxylic acids is 2. The zero-order valence-electron chi connectivity index (χ0n) is 14.9. The molecule has 0 radical (unpaired) electrons. The number of amides is 1. The molecule has 2 atom stereocenters. The maximum absolute atomic E-state index is 12.7. The number of ether oxygens (including phenoxy) is 1. The van der Waals surface area contributed by atoms with Crippen LogP contribution >= 0.6 is 0 Å². The Morgan fingerprint density at radius 1 is 1.32 bits per heavy atom. The van der Waals surface area contributed by atoms with Crippen LogP contribution in [0.3, 0.4) is 0 Å². The number of hydrogen-bond donors (Lipinski definition) is 0. The van der Waals surface area contributed by atoms with Crippen molar-refractivity contribution in [3.8, 4) is 0 Å². The smallest absolute Gasteiger partial charge is 0.326 e. The van der Waals surface area contributed by atoms with Crippen LogP contribution in [0, 0.1) is 0 Å². The van der Waals surface area contributed by atoms with Gasteiger partial charge in [-0.25, -0.2) is 0 Å². The van der Waals surface area contributed by atoms with Gasteiger partial charge in [0, 0.05) is 17.4 Å². The first kappa shape index (κ1) is 18.8. The summed E-state index contributed by atoms with van der Waals surface area (Å²) < 4.78 is 5.33. The number of hydrogen-bond acceptors (Lipinski definition) is 4. The monoisotopic (exact) mass is 344 g/mol. The zero-order chi connectivity index (χ0) is 18.4. The third-order valence-electron chi connectivity index (χ3n) is 4.03. The molecule has 1 aromatic rings. The molecule has 134 valence electrons. The van der Waals surface area contributed by atoms with E-state index < -0.39 is 17.6 Å². The molecule has 25 heavy (non-hydrogen) atoms. The molecular formula is C18H24N4O3. The van der Waals surface area contributed by atoms with Gasteiger partial charge in [0.15, 0.2) is 0 Å². The van der Waals surface area contributed by atoms with Crippen molar-refractivity contribution in [2.45, 2.75) is 51.2 Å². The zero-order valence-corrected chi connectivity index (χ0v) is 14.9. The highest BCUT2D eigenvalue weighted by Crippen LogP contribution is 2.28. The van der Waals surface area contributed by atoms with Crippen LogP contribution in [-0.2, 0) is 14.3 Å². The molecule has 0 bridgehead atoms. The molecule has 0 saturated carbocycles. The summed E-state index contributed by atoms with van der Waals surface area (Å²) in [6.45, 7) is 5.61. The van der Waals surface area contributed by atoms with E-state index in [2.05, 4.69) is 10.0 Å². The van der Waals surface area contributed by atoms with Crippen LogP contribution < -0.4 is 0 Å². The van der Waals surface area contributed by atoms with Gasteiger partial charge in [-0.05, 0) is 44.7 Å². The molecule has 7 nitrogen and oxygen atoms in total. The highest BCUT2D eigenvalue weighted by molar-refractivity contribution is 5.86. The molecule has 1 aromatic carbocycles. The molecule has 1 aliphatic heterocycles. The summed E-state index contributed by atoms with van der Waals surface area (Å²) in [5.74, 6) is -0.692. The van der Waals surface area contributed by atoms with Crippen molar-refractivity contribution in [1.82, 2.24) is 4.90 Å².